The van der Waals surface area contributed by atoms with Gasteiger partial charge in [-0.15, -0.1) is 12.4 Å². The molecule has 19 heavy (non-hydrogen) atoms. The maximum absolute atomic E-state index is 12.9. The number of rotatable bonds is 5. The summed E-state index contributed by atoms with van der Waals surface area (Å²) >= 11 is 11.3. The predicted molar refractivity (Wildman–Crippen MR) is 72.9 cm³/mol. The van der Waals surface area contributed by atoms with Gasteiger partial charge in [0.15, 0.2) is 0 Å². The summed E-state index contributed by atoms with van der Waals surface area (Å²) in [5.74, 6) is -3.31. The third kappa shape index (κ3) is 5.37. The second-order valence-corrected chi connectivity index (χ2v) is 6.04. The van der Waals surface area contributed by atoms with E-state index in [4.69, 9.17) is 28.9 Å². The molecule has 0 fully saturated rings. The molecule has 0 atom stereocenters. The van der Waals surface area contributed by atoms with Gasteiger partial charge in [0.25, 0.3) is 5.92 Å². The quantitative estimate of drug-likeness (QED) is 0.851. The molecule has 0 saturated carbocycles. The van der Waals surface area contributed by atoms with E-state index in [0.29, 0.717) is 0 Å². The Bertz CT molecular complexity index is 540. The average Bonchev–Trinajstić information content (AvgIpc) is 2.26. The van der Waals surface area contributed by atoms with Crippen molar-refractivity contribution in [2.45, 2.75) is 10.8 Å². The van der Waals surface area contributed by atoms with Gasteiger partial charge in [0, 0.05) is 5.02 Å². The summed E-state index contributed by atoms with van der Waals surface area (Å²) in [7, 11) is -4.13. The first kappa shape index (κ1) is 18.8. The normalized spacial score (nSPS) is 12.1. The highest BCUT2D eigenvalue weighted by Crippen LogP contribution is 2.25. The van der Waals surface area contributed by atoms with Gasteiger partial charge < -0.3 is 5.73 Å². The Hall–Kier alpha value is -0.180. The summed E-state index contributed by atoms with van der Waals surface area (Å²) in [5.41, 5.74) is 4.80. The summed E-state index contributed by atoms with van der Waals surface area (Å²) in [6.45, 7) is -2.05. The summed E-state index contributed by atoms with van der Waals surface area (Å²) in [6.07, 6.45) is 0. The van der Waals surface area contributed by atoms with Gasteiger partial charge in [0.1, 0.15) is 4.90 Å². The predicted octanol–water partition coefficient (Wildman–Crippen LogP) is 2.29. The van der Waals surface area contributed by atoms with Gasteiger partial charge in [-0.05, 0) is 18.2 Å². The van der Waals surface area contributed by atoms with E-state index >= 15 is 0 Å². The van der Waals surface area contributed by atoms with Crippen LogP contribution in [0.3, 0.4) is 0 Å². The molecule has 110 valence electrons. The molecule has 0 saturated heterocycles. The molecule has 0 amide bonds. The first-order valence-corrected chi connectivity index (χ1v) is 6.94. The van der Waals surface area contributed by atoms with Gasteiger partial charge in [-0.3, -0.25) is 0 Å². The van der Waals surface area contributed by atoms with Crippen molar-refractivity contribution in [3.05, 3.63) is 28.2 Å². The molecule has 0 aliphatic carbocycles. The third-order valence-corrected chi connectivity index (χ3v) is 4.12. The van der Waals surface area contributed by atoms with Crippen molar-refractivity contribution in [3.8, 4) is 0 Å². The minimum atomic E-state index is -4.13. The number of nitrogens with one attached hydrogen (secondary N) is 1. The fourth-order valence-corrected chi connectivity index (χ4v) is 2.88. The number of alkyl halides is 2. The van der Waals surface area contributed by atoms with E-state index in [-0.39, 0.29) is 27.3 Å². The van der Waals surface area contributed by atoms with Gasteiger partial charge in [-0.2, -0.15) is 0 Å². The highest BCUT2D eigenvalue weighted by molar-refractivity contribution is 7.89. The number of hydrogen-bond donors (Lipinski definition) is 2. The maximum atomic E-state index is 12.9. The number of hydrogen-bond acceptors (Lipinski definition) is 3. The van der Waals surface area contributed by atoms with Crippen molar-refractivity contribution in [2.24, 2.45) is 5.73 Å². The molecule has 0 aliphatic rings. The van der Waals surface area contributed by atoms with Crippen molar-refractivity contribution in [3.63, 3.8) is 0 Å². The molecular weight excluding hydrogens is 345 g/mol. The van der Waals surface area contributed by atoms with Crippen LogP contribution >= 0.6 is 35.6 Å². The highest BCUT2D eigenvalue weighted by atomic mass is 35.5. The second kappa shape index (κ2) is 7.01. The Labute approximate surface area is 125 Å². The van der Waals surface area contributed by atoms with Gasteiger partial charge in [-0.1, -0.05) is 23.2 Å². The largest absolute Gasteiger partial charge is 0.325 e. The van der Waals surface area contributed by atoms with Gasteiger partial charge in [0.2, 0.25) is 10.0 Å². The zero-order chi connectivity index (χ0) is 14.0. The molecule has 0 unspecified atom stereocenters. The van der Waals surface area contributed by atoms with Crippen molar-refractivity contribution < 1.29 is 17.2 Å². The van der Waals surface area contributed by atoms with Crippen molar-refractivity contribution in [1.82, 2.24) is 4.72 Å². The van der Waals surface area contributed by atoms with Crippen molar-refractivity contribution >= 4 is 45.6 Å². The van der Waals surface area contributed by atoms with Crippen LogP contribution in [0.2, 0.25) is 10.0 Å². The zero-order valence-corrected chi connectivity index (χ0v) is 12.5. The van der Waals surface area contributed by atoms with Crippen molar-refractivity contribution in [1.29, 1.82) is 0 Å². The average molecular weight is 356 g/mol. The summed E-state index contributed by atoms with van der Waals surface area (Å²) < 4.78 is 50.9. The zero-order valence-electron chi connectivity index (χ0n) is 9.37. The summed E-state index contributed by atoms with van der Waals surface area (Å²) in [5, 5.41) is 0.0947. The van der Waals surface area contributed by atoms with Gasteiger partial charge >= 0.3 is 0 Å². The van der Waals surface area contributed by atoms with Crippen molar-refractivity contribution in [2.75, 3.05) is 13.1 Å². The number of sulfonamides is 1. The number of benzene rings is 1. The Kier molecular flexibility index (Phi) is 6.94. The summed E-state index contributed by atoms with van der Waals surface area (Å²) in [6, 6.07) is 3.63. The van der Waals surface area contributed by atoms with Crippen LogP contribution in [-0.2, 0) is 10.0 Å². The fourth-order valence-electron chi connectivity index (χ4n) is 1.04. The molecule has 0 aliphatic heterocycles. The maximum Gasteiger partial charge on any atom is 0.273 e. The molecule has 0 radical (unpaired) electrons. The molecule has 0 spiro atoms. The van der Waals surface area contributed by atoms with Crippen LogP contribution in [0.4, 0.5) is 8.78 Å². The molecule has 1 rings (SSSR count). The summed E-state index contributed by atoms with van der Waals surface area (Å²) in [4.78, 5) is -0.318. The molecule has 4 nitrogen and oxygen atoms in total. The van der Waals surface area contributed by atoms with Crippen LogP contribution in [0.5, 0.6) is 0 Å². The van der Waals surface area contributed by atoms with E-state index in [0.717, 1.165) is 6.07 Å². The number of nitrogens with two attached hydrogens (primary N) is 1. The molecule has 0 heterocycles. The lowest BCUT2D eigenvalue weighted by atomic mass is 10.3. The first-order chi connectivity index (χ1) is 8.18. The Morgan fingerprint density at radius 2 is 1.89 bits per heavy atom. The third-order valence-electron chi connectivity index (χ3n) is 2.00. The smallest absolute Gasteiger partial charge is 0.273 e. The van der Waals surface area contributed by atoms with Crippen LogP contribution in [-0.4, -0.2) is 27.4 Å². The highest BCUT2D eigenvalue weighted by Gasteiger charge is 2.30. The van der Waals surface area contributed by atoms with E-state index < -0.39 is 29.0 Å². The van der Waals surface area contributed by atoms with E-state index in [2.05, 4.69) is 0 Å². The molecule has 1 aromatic carbocycles. The van der Waals surface area contributed by atoms with Crippen LogP contribution in [0.15, 0.2) is 23.1 Å². The molecule has 10 heteroatoms. The van der Waals surface area contributed by atoms with Gasteiger partial charge in [-0.25, -0.2) is 21.9 Å². The lowest BCUT2D eigenvalue weighted by Crippen LogP contribution is -2.41. The van der Waals surface area contributed by atoms with Crippen LogP contribution in [0.25, 0.3) is 0 Å². The fraction of sp³-hybridized carbons (Fsp3) is 0.333. The SMILES string of the molecule is Cl.NCC(F)(F)CNS(=O)(=O)c1ccc(Cl)cc1Cl. The second-order valence-electron chi connectivity index (χ2n) is 3.46. The Morgan fingerprint density at radius 3 is 2.37 bits per heavy atom. The molecule has 3 N–H and O–H groups in total. The molecule has 1 aromatic rings. The Balaban J connectivity index is 0.00000324. The van der Waals surface area contributed by atoms with E-state index in [1.807, 2.05) is 0 Å². The molecule has 0 aromatic heterocycles. The van der Waals surface area contributed by atoms with Crippen LogP contribution in [0, 0.1) is 0 Å². The Morgan fingerprint density at radius 1 is 1.32 bits per heavy atom. The molecular formula is C9H11Cl3F2N2O2S. The van der Waals surface area contributed by atoms with E-state index in [9.17, 15) is 17.2 Å². The minimum absolute atomic E-state index is 0. The topological polar surface area (TPSA) is 72.2 Å². The van der Waals surface area contributed by atoms with Gasteiger partial charge in [0.05, 0.1) is 18.1 Å². The number of halogens is 5. The molecule has 0 bridgehead atoms. The monoisotopic (exact) mass is 354 g/mol. The van der Waals surface area contributed by atoms with E-state index in [1.165, 1.54) is 12.1 Å². The minimum Gasteiger partial charge on any atom is -0.325 e. The van der Waals surface area contributed by atoms with Crippen LogP contribution < -0.4 is 10.5 Å². The first-order valence-electron chi connectivity index (χ1n) is 4.70. The lowest BCUT2D eigenvalue weighted by Gasteiger charge is -2.15. The van der Waals surface area contributed by atoms with Crippen LogP contribution in [0.1, 0.15) is 0 Å². The standard InChI is InChI=1S/C9H10Cl2F2N2O2S.ClH/c10-6-1-2-8(7(11)3-6)18(16,17)15-5-9(12,13)4-14;/h1-3,15H,4-5,14H2;1H. The lowest BCUT2D eigenvalue weighted by molar-refractivity contribution is 0.0170. The van der Waals surface area contributed by atoms with E-state index in [1.54, 1.807) is 4.72 Å².